The van der Waals surface area contributed by atoms with E-state index in [2.05, 4.69) is 20.7 Å². The molecule has 2 heterocycles. The van der Waals surface area contributed by atoms with Gasteiger partial charge in [-0.05, 0) is 25.8 Å². The molecule has 18 heavy (non-hydrogen) atoms. The van der Waals surface area contributed by atoms with E-state index >= 15 is 0 Å². The van der Waals surface area contributed by atoms with Crippen molar-refractivity contribution >= 4 is 17.0 Å². The van der Waals surface area contributed by atoms with Crippen LogP contribution in [0.1, 0.15) is 38.6 Å². The van der Waals surface area contributed by atoms with Crippen LogP contribution in [0.4, 0.5) is 5.95 Å². The van der Waals surface area contributed by atoms with Gasteiger partial charge in [-0.2, -0.15) is 9.97 Å². The third-order valence-electron chi connectivity index (χ3n) is 3.45. The Kier molecular flexibility index (Phi) is 2.81. The lowest BCUT2D eigenvalue weighted by Crippen LogP contribution is -2.07. The normalized spacial score (nSPS) is 16.5. The summed E-state index contributed by atoms with van der Waals surface area (Å²) in [5.74, 6) is 0.824. The predicted octanol–water partition coefficient (Wildman–Crippen LogP) is 2.33. The van der Waals surface area contributed by atoms with Crippen molar-refractivity contribution in [2.75, 3.05) is 12.3 Å². The average molecular weight is 245 g/mol. The second kappa shape index (κ2) is 4.48. The van der Waals surface area contributed by atoms with Crippen LogP contribution in [-0.2, 0) is 0 Å². The number of hydrogen-bond donors (Lipinski definition) is 1. The first-order valence-corrected chi connectivity index (χ1v) is 6.48. The molecule has 1 aliphatic carbocycles. The van der Waals surface area contributed by atoms with E-state index in [1.165, 1.54) is 25.7 Å². The molecule has 2 N–H and O–H groups in total. The van der Waals surface area contributed by atoms with Gasteiger partial charge in [0.1, 0.15) is 5.65 Å². The molecule has 0 aliphatic heterocycles. The first-order valence-electron chi connectivity index (χ1n) is 6.48. The highest BCUT2D eigenvalue weighted by Crippen LogP contribution is 2.34. The zero-order chi connectivity index (χ0) is 12.5. The quantitative estimate of drug-likeness (QED) is 0.901. The molecule has 3 rings (SSSR count). The molecule has 2 aromatic rings. The molecule has 1 saturated carbocycles. The van der Waals surface area contributed by atoms with E-state index in [1.54, 1.807) is 0 Å². The number of anilines is 1. The van der Waals surface area contributed by atoms with Gasteiger partial charge in [0.05, 0.1) is 18.2 Å². The van der Waals surface area contributed by atoms with Crippen LogP contribution >= 0.6 is 0 Å². The van der Waals surface area contributed by atoms with Gasteiger partial charge in [0.15, 0.2) is 0 Å². The van der Waals surface area contributed by atoms with Crippen molar-refractivity contribution in [1.82, 2.24) is 14.5 Å². The molecule has 0 bridgehead atoms. The molecule has 5 nitrogen and oxygen atoms in total. The lowest BCUT2D eigenvalue weighted by molar-refractivity contribution is 0.331. The first kappa shape index (κ1) is 11.3. The molecule has 5 heteroatoms. The van der Waals surface area contributed by atoms with Gasteiger partial charge in [0.25, 0.3) is 0 Å². The Balaban J connectivity index is 2.11. The predicted molar refractivity (Wildman–Crippen MR) is 69.5 cm³/mol. The maximum atomic E-state index is 5.75. The Bertz CT molecular complexity index is 557. The van der Waals surface area contributed by atoms with E-state index in [9.17, 15) is 0 Å². The second-order valence-electron chi connectivity index (χ2n) is 4.64. The van der Waals surface area contributed by atoms with Crippen molar-refractivity contribution in [2.24, 2.45) is 0 Å². The van der Waals surface area contributed by atoms with E-state index in [1.807, 2.05) is 13.0 Å². The number of nitrogen functional groups attached to an aromatic ring is 1. The monoisotopic (exact) mass is 245 g/mol. The Morgan fingerprint density at radius 3 is 2.94 bits per heavy atom. The minimum atomic E-state index is 0.261. The minimum absolute atomic E-state index is 0.261. The zero-order valence-corrected chi connectivity index (χ0v) is 10.5. The average Bonchev–Trinajstić information content (AvgIpc) is 2.96. The summed E-state index contributed by atoms with van der Waals surface area (Å²) in [6.07, 6.45) is 8.19. The van der Waals surface area contributed by atoms with Crippen LogP contribution in [0.5, 0.6) is 5.88 Å². The topological polar surface area (TPSA) is 66.0 Å². The van der Waals surface area contributed by atoms with E-state index in [0.717, 1.165) is 11.0 Å². The molecule has 0 aromatic carbocycles. The summed E-state index contributed by atoms with van der Waals surface area (Å²) in [7, 11) is 0. The molecule has 2 aromatic heterocycles. The molecule has 0 amide bonds. The van der Waals surface area contributed by atoms with Crippen LogP contribution in [-0.4, -0.2) is 21.1 Å². The Hall–Kier alpha value is -1.78. The molecule has 0 spiro atoms. The molecule has 0 saturated heterocycles. The summed E-state index contributed by atoms with van der Waals surface area (Å²) in [6, 6.07) is 2.39. The molecule has 1 fully saturated rings. The zero-order valence-electron chi connectivity index (χ0n) is 10.5. The third-order valence-corrected chi connectivity index (χ3v) is 3.45. The van der Waals surface area contributed by atoms with Crippen LogP contribution in [0.15, 0.2) is 6.07 Å². The van der Waals surface area contributed by atoms with Gasteiger partial charge in [0, 0.05) is 6.04 Å². The Morgan fingerprint density at radius 2 is 2.22 bits per heavy atom. The van der Waals surface area contributed by atoms with Crippen molar-refractivity contribution in [3.8, 4) is 5.88 Å². The highest BCUT2D eigenvalue weighted by Gasteiger charge is 2.21. The van der Waals surface area contributed by atoms with E-state index in [-0.39, 0.29) is 5.95 Å². The maximum Gasteiger partial charge on any atom is 0.227 e. The lowest BCUT2D eigenvalue weighted by Gasteiger charge is -2.12. The number of ether oxygens (including phenoxy) is 1. The van der Waals surface area contributed by atoms with Crippen LogP contribution in [0.3, 0.4) is 0 Å². The van der Waals surface area contributed by atoms with Crippen LogP contribution in [0.25, 0.3) is 11.0 Å². The molecule has 1 radical (unpaired) electrons. The first-order chi connectivity index (χ1) is 8.79. The van der Waals surface area contributed by atoms with Gasteiger partial charge in [0.2, 0.25) is 11.8 Å². The molecule has 0 unspecified atom stereocenters. The number of rotatable bonds is 3. The smallest absolute Gasteiger partial charge is 0.227 e. The summed E-state index contributed by atoms with van der Waals surface area (Å²) >= 11 is 0. The molecule has 1 aliphatic rings. The van der Waals surface area contributed by atoms with Gasteiger partial charge < -0.3 is 15.0 Å². The molecule has 95 valence electrons. The molecule has 0 atom stereocenters. The second-order valence-corrected chi connectivity index (χ2v) is 4.64. The number of nitrogens with two attached hydrogens (primary N) is 1. The van der Waals surface area contributed by atoms with Crippen molar-refractivity contribution < 1.29 is 4.74 Å². The molecular weight excluding hydrogens is 228 g/mol. The van der Waals surface area contributed by atoms with Gasteiger partial charge in [-0.15, -0.1) is 0 Å². The fourth-order valence-electron chi connectivity index (χ4n) is 2.65. The fraction of sp³-hybridized carbons (Fsp3) is 0.538. The van der Waals surface area contributed by atoms with Crippen LogP contribution in [0.2, 0.25) is 0 Å². The van der Waals surface area contributed by atoms with Gasteiger partial charge in [-0.3, -0.25) is 0 Å². The van der Waals surface area contributed by atoms with E-state index in [4.69, 9.17) is 10.5 Å². The lowest BCUT2D eigenvalue weighted by atomic mass is 10.2. The SMILES string of the molecule is CCOc1nc(N)nc2c1c[c]n2C1CCCC1. The van der Waals surface area contributed by atoms with E-state index in [0.29, 0.717) is 18.5 Å². The van der Waals surface area contributed by atoms with Crippen LogP contribution in [0, 0.1) is 6.20 Å². The standard InChI is InChI=1S/C13H17N4O/c1-2-18-12-10-7-8-17(9-5-3-4-6-9)11(10)15-13(14)16-12/h7,9H,2-6H2,1H3,(H2,14,15,16). The summed E-state index contributed by atoms with van der Waals surface area (Å²) in [5.41, 5.74) is 6.60. The number of fused-ring (bicyclic) bond motifs is 1. The van der Waals surface area contributed by atoms with Gasteiger partial charge in [-0.1, -0.05) is 12.8 Å². The van der Waals surface area contributed by atoms with Crippen molar-refractivity contribution in [1.29, 1.82) is 0 Å². The number of aromatic nitrogens is 3. The Labute approximate surface area is 106 Å². The van der Waals surface area contributed by atoms with Crippen molar-refractivity contribution in [3.63, 3.8) is 0 Å². The summed E-state index contributed by atoms with van der Waals surface area (Å²) in [6.45, 7) is 2.50. The third kappa shape index (κ3) is 1.79. The van der Waals surface area contributed by atoms with Gasteiger partial charge >= 0.3 is 0 Å². The highest BCUT2D eigenvalue weighted by atomic mass is 16.5. The summed E-state index contributed by atoms with van der Waals surface area (Å²) in [4.78, 5) is 8.48. The summed E-state index contributed by atoms with van der Waals surface area (Å²) < 4.78 is 7.61. The Morgan fingerprint density at radius 1 is 1.44 bits per heavy atom. The summed E-state index contributed by atoms with van der Waals surface area (Å²) in [5, 5.41) is 0.901. The van der Waals surface area contributed by atoms with Gasteiger partial charge in [-0.25, -0.2) is 0 Å². The van der Waals surface area contributed by atoms with Crippen molar-refractivity contribution in [2.45, 2.75) is 38.6 Å². The number of nitrogens with zero attached hydrogens (tertiary/aromatic N) is 3. The minimum Gasteiger partial charge on any atom is -0.477 e. The van der Waals surface area contributed by atoms with Crippen molar-refractivity contribution in [3.05, 3.63) is 12.3 Å². The fourth-order valence-corrected chi connectivity index (χ4v) is 2.65. The molecular formula is C13H17N4O. The van der Waals surface area contributed by atoms with Crippen LogP contribution < -0.4 is 10.5 Å². The maximum absolute atomic E-state index is 5.75. The largest absolute Gasteiger partial charge is 0.477 e. The highest BCUT2D eigenvalue weighted by molar-refractivity contribution is 5.82. The number of hydrogen-bond acceptors (Lipinski definition) is 4. The van der Waals surface area contributed by atoms with E-state index < -0.39 is 0 Å².